The van der Waals surface area contributed by atoms with Gasteiger partial charge in [-0.3, -0.25) is 4.79 Å². The fourth-order valence-electron chi connectivity index (χ4n) is 2.30. The van der Waals surface area contributed by atoms with Crippen LogP contribution in [0.15, 0.2) is 24.5 Å². The average molecular weight is 299 g/mol. The lowest BCUT2D eigenvalue weighted by Gasteiger charge is -2.12. The van der Waals surface area contributed by atoms with Crippen molar-refractivity contribution in [1.29, 1.82) is 0 Å². The predicted octanol–water partition coefficient (Wildman–Crippen LogP) is 2.03. The summed E-state index contributed by atoms with van der Waals surface area (Å²) in [6.07, 6.45) is 2.23. The van der Waals surface area contributed by atoms with Gasteiger partial charge in [0.15, 0.2) is 5.69 Å². The van der Waals surface area contributed by atoms with Crippen molar-refractivity contribution in [2.24, 2.45) is 0 Å². The zero-order valence-electron chi connectivity index (χ0n) is 12.7. The molecule has 6 nitrogen and oxygen atoms in total. The molecule has 0 radical (unpaired) electrons. The van der Waals surface area contributed by atoms with Crippen LogP contribution in [0.5, 0.6) is 0 Å². The number of aryl methyl sites for hydroxylation is 3. The van der Waals surface area contributed by atoms with Crippen LogP contribution >= 0.6 is 0 Å². The number of aromatic carboxylic acids is 1. The fourth-order valence-corrected chi connectivity index (χ4v) is 2.30. The zero-order valence-corrected chi connectivity index (χ0v) is 12.7. The number of benzene rings is 1. The molecule has 22 heavy (non-hydrogen) atoms. The Kier molecular flexibility index (Phi) is 4.50. The van der Waals surface area contributed by atoms with E-state index in [1.807, 2.05) is 20.8 Å². The molecule has 0 aliphatic heterocycles. The molecule has 2 N–H and O–H groups in total. The van der Waals surface area contributed by atoms with Crippen LogP contribution in [-0.2, 0) is 6.54 Å². The van der Waals surface area contributed by atoms with E-state index in [4.69, 9.17) is 5.11 Å². The first-order valence-electron chi connectivity index (χ1n) is 6.78. The van der Waals surface area contributed by atoms with Crippen molar-refractivity contribution in [1.82, 2.24) is 15.3 Å². The SMILES string of the molecule is Cc1cc(C)c(CNC(=O)c2cnc(C(=O)O)cn2)c(C)c1. The number of nitrogens with zero attached hydrogens (tertiary/aromatic N) is 2. The molecule has 0 fully saturated rings. The molecule has 0 atom stereocenters. The molecular formula is C16H17N3O3. The van der Waals surface area contributed by atoms with E-state index < -0.39 is 5.97 Å². The van der Waals surface area contributed by atoms with E-state index >= 15 is 0 Å². The van der Waals surface area contributed by atoms with Crippen molar-refractivity contribution in [2.45, 2.75) is 27.3 Å². The number of hydrogen-bond acceptors (Lipinski definition) is 4. The summed E-state index contributed by atoms with van der Waals surface area (Å²) in [5, 5.41) is 11.5. The maximum absolute atomic E-state index is 12.0. The normalized spacial score (nSPS) is 10.3. The van der Waals surface area contributed by atoms with Gasteiger partial charge in [0.05, 0.1) is 12.4 Å². The predicted molar refractivity (Wildman–Crippen MR) is 80.8 cm³/mol. The summed E-state index contributed by atoms with van der Waals surface area (Å²) in [5.41, 5.74) is 4.37. The molecule has 0 saturated carbocycles. The molecule has 2 aromatic rings. The molecule has 1 aromatic carbocycles. The summed E-state index contributed by atoms with van der Waals surface area (Å²) in [6, 6.07) is 4.13. The quantitative estimate of drug-likeness (QED) is 0.901. The fraction of sp³-hybridized carbons (Fsp3) is 0.250. The van der Waals surface area contributed by atoms with Crippen LogP contribution in [0.2, 0.25) is 0 Å². The molecule has 0 bridgehead atoms. The Labute approximate surface area is 128 Å². The van der Waals surface area contributed by atoms with E-state index in [0.717, 1.165) is 29.1 Å². The minimum atomic E-state index is -1.18. The van der Waals surface area contributed by atoms with Gasteiger partial charge in [0.2, 0.25) is 0 Å². The van der Waals surface area contributed by atoms with Crippen LogP contribution in [0.4, 0.5) is 0 Å². The first kappa shape index (κ1) is 15.6. The summed E-state index contributed by atoms with van der Waals surface area (Å²) in [4.78, 5) is 30.2. The van der Waals surface area contributed by atoms with Gasteiger partial charge in [-0.05, 0) is 37.5 Å². The third kappa shape index (κ3) is 3.46. The number of carbonyl (C=O) groups is 2. The van der Waals surface area contributed by atoms with Crippen molar-refractivity contribution >= 4 is 11.9 Å². The van der Waals surface area contributed by atoms with E-state index in [2.05, 4.69) is 27.4 Å². The Balaban J connectivity index is 2.08. The van der Waals surface area contributed by atoms with E-state index in [-0.39, 0.29) is 17.3 Å². The van der Waals surface area contributed by atoms with Crippen LogP contribution in [-0.4, -0.2) is 27.0 Å². The average Bonchev–Trinajstić information content (AvgIpc) is 2.46. The first-order valence-corrected chi connectivity index (χ1v) is 6.78. The van der Waals surface area contributed by atoms with Crippen LogP contribution in [0, 0.1) is 20.8 Å². The highest BCUT2D eigenvalue weighted by Gasteiger charge is 2.12. The van der Waals surface area contributed by atoms with Crippen LogP contribution in [0.3, 0.4) is 0 Å². The van der Waals surface area contributed by atoms with Gasteiger partial charge in [-0.25, -0.2) is 14.8 Å². The largest absolute Gasteiger partial charge is 0.476 e. The van der Waals surface area contributed by atoms with Gasteiger partial charge >= 0.3 is 5.97 Å². The maximum atomic E-state index is 12.0. The van der Waals surface area contributed by atoms with Gasteiger partial charge in [-0.15, -0.1) is 0 Å². The van der Waals surface area contributed by atoms with Gasteiger partial charge in [0, 0.05) is 6.54 Å². The highest BCUT2D eigenvalue weighted by molar-refractivity contribution is 5.92. The summed E-state index contributed by atoms with van der Waals surface area (Å²) in [6.45, 7) is 6.42. The molecule has 0 aliphatic rings. The number of carbonyl (C=O) groups excluding carboxylic acids is 1. The zero-order chi connectivity index (χ0) is 16.3. The minimum absolute atomic E-state index is 0.0902. The second-order valence-corrected chi connectivity index (χ2v) is 5.15. The third-order valence-corrected chi connectivity index (χ3v) is 3.37. The van der Waals surface area contributed by atoms with E-state index in [9.17, 15) is 9.59 Å². The van der Waals surface area contributed by atoms with Crippen molar-refractivity contribution in [3.8, 4) is 0 Å². The Bertz CT molecular complexity index is 701. The van der Waals surface area contributed by atoms with E-state index in [1.54, 1.807) is 0 Å². The van der Waals surface area contributed by atoms with E-state index in [1.165, 1.54) is 5.56 Å². The number of aromatic nitrogens is 2. The molecule has 2 rings (SSSR count). The maximum Gasteiger partial charge on any atom is 0.356 e. The van der Waals surface area contributed by atoms with Crippen molar-refractivity contribution in [3.05, 3.63) is 58.2 Å². The summed E-state index contributed by atoms with van der Waals surface area (Å²) in [7, 11) is 0. The number of carboxylic acid groups (broad SMARTS) is 1. The van der Waals surface area contributed by atoms with Crippen LogP contribution < -0.4 is 5.32 Å². The smallest absolute Gasteiger partial charge is 0.356 e. The standard InChI is InChI=1S/C16H17N3O3/c1-9-4-10(2)12(11(3)5-9)6-19-15(20)13-7-18-14(8-17-13)16(21)22/h4-5,7-8H,6H2,1-3H3,(H,19,20)(H,21,22). The molecule has 1 amide bonds. The lowest BCUT2D eigenvalue weighted by molar-refractivity contribution is 0.0689. The molecule has 0 saturated heterocycles. The monoisotopic (exact) mass is 299 g/mol. The van der Waals surface area contributed by atoms with E-state index in [0.29, 0.717) is 6.54 Å². The number of amides is 1. The van der Waals surface area contributed by atoms with Gasteiger partial charge < -0.3 is 10.4 Å². The summed E-state index contributed by atoms with van der Waals surface area (Å²) in [5.74, 6) is -1.56. The molecule has 0 aliphatic carbocycles. The number of carboxylic acids is 1. The van der Waals surface area contributed by atoms with Gasteiger partial charge in [-0.1, -0.05) is 17.7 Å². The summed E-state index contributed by atoms with van der Waals surface area (Å²) >= 11 is 0. The second kappa shape index (κ2) is 6.34. The molecule has 1 heterocycles. The van der Waals surface area contributed by atoms with Crippen molar-refractivity contribution < 1.29 is 14.7 Å². The van der Waals surface area contributed by atoms with Crippen molar-refractivity contribution in [3.63, 3.8) is 0 Å². The van der Waals surface area contributed by atoms with Crippen molar-refractivity contribution in [2.75, 3.05) is 0 Å². The lowest BCUT2D eigenvalue weighted by atomic mass is 10.00. The molecule has 6 heteroatoms. The Morgan fingerprint density at radius 3 is 2.09 bits per heavy atom. The molecule has 0 unspecified atom stereocenters. The number of hydrogen-bond donors (Lipinski definition) is 2. The highest BCUT2D eigenvalue weighted by Crippen LogP contribution is 2.16. The topological polar surface area (TPSA) is 92.2 Å². The molecule has 1 aromatic heterocycles. The molecule has 0 spiro atoms. The van der Waals surface area contributed by atoms with Crippen LogP contribution in [0.1, 0.15) is 43.2 Å². The Morgan fingerprint density at radius 2 is 1.59 bits per heavy atom. The Morgan fingerprint density at radius 1 is 1.05 bits per heavy atom. The molecular weight excluding hydrogens is 282 g/mol. The molecule has 114 valence electrons. The Hall–Kier alpha value is -2.76. The highest BCUT2D eigenvalue weighted by atomic mass is 16.4. The van der Waals surface area contributed by atoms with Gasteiger partial charge in [0.1, 0.15) is 5.69 Å². The minimum Gasteiger partial charge on any atom is -0.476 e. The third-order valence-electron chi connectivity index (χ3n) is 3.37. The van der Waals surface area contributed by atoms with Gasteiger partial charge in [0.25, 0.3) is 5.91 Å². The number of nitrogens with one attached hydrogen (secondary N) is 1. The lowest BCUT2D eigenvalue weighted by Crippen LogP contribution is -2.25. The summed E-state index contributed by atoms with van der Waals surface area (Å²) < 4.78 is 0. The van der Waals surface area contributed by atoms with Crippen LogP contribution in [0.25, 0.3) is 0 Å². The first-order chi connectivity index (χ1) is 10.4. The second-order valence-electron chi connectivity index (χ2n) is 5.15. The van der Waals surface area contributed by atoms with Gasteiger partial charge in [-0.2, -0.15) is 0 Å². The number of rotatable bonds is 4.